The van der Waals surface area contributed by atoms with Gasteiger partial charge in [0.05, 0.1) is 6.10 Å². The molecule has 1 aliphatic heterocycles. The molecule has 0 amide bonds. The minimum Gasteiger partial charge on any atom is -0.391 e. The molecule has 2 aliphatic rings. The van der Waals surface area contributed by atoms with Crippen molar-refractivity contribution in [2.45, 2.75) is 66.0 Å². The number of aliphatic hydroxyl groups excluding tert-OH is 1. The van der Waals surface area contributed by atoms with E-state index in [2.05, 4.69) is 39.5 Å². The van der Waals surface area contributed by atoms with Crippen LogP contribution in [0.4, 0.5) is 0 Å². The standard InChI is InChI=1S/C15H29NO/c1-14(2,3)11-7-9-16(10-11)12-6-8-15(4,5)13(12)17/h11-13,17H,6-10H2,1-5H3. The maximum Gasteiger partial charge on any atom is 0.0746 e. The van der Waals surface area contributed by atoms with Gasteiger partial charge in [-0.3, -0.25) is 4.90 Å². The summed E-state index contributed by atoms with van der Waals surface area (Å²) in [6, 6.07) is 0.414. The number of rotatable bonds is 1. The van der Waals surface area contributed by atoms with Gasteiger partial charge in [0.25, 0.3) is 0 Å². The highest BCUT2D eigenvalue weighted by Gasteiger charge is 2.45. The first-order valence-corrected chi connectivity index (χ1v) is 7.14. The minimum absolute atomic E-state index is 0.116. The van der Waals surface area contributed by atoms with E-state index in [0.29, 0.717) is 11.5 Å². The molecule has 0 spiro atoms. The van der Waals surface area contributed by atoms with Crippen LogP contribution in [0.5, 0.6) is 0 Å². The van der Waals surface area contributed by atoms with Crippen molar-refractivity contribution >= 4 is 0 Å². The van der Waals surface area contributed by atoms with Gasteiger partial charge in [0, 0.05) is 12.6 Å². The Morgan fingerprint density at radius 3 is 2.24 bits per heavy atom. The van der Waals surface area contributed by atoms with E-state index in [1.165, 1.54) is 25.9 Å². The maximum absolute atomic E-state index is 10.4. The zero-order valence-electron chi connectivity index (χ0n) is 12.2. The Balaban J connectivity index is 1.98. The SMILES string of the molecule is CC(C)(C)C1CCN(C2CCC(C)(C)C2O)C1. The predicted molar refractivity (Wildman–Crippen MR) is 71.9 cm³/mol. The fraction of sp³-hybridized carbons (Fsp3) is 1.00. The largest absolute Gasteiger partial charge is 0.391 e. The average Bonchev–Trinajstić information content (AvgIpc) is 2.73. The number of likely N-dealkylation sites (tertiary alicyclic amines) is 1. The van der Waals surface area contributed by atoms with Gasteiger partial charge in [-0.2, -0.15) is 0 Å². The second kappa shape index (κ2) is 4.24. The van der Waals surface area contributed by atoms with Crippen molar-refractivity contribution in [1.29, 1.82) is 0 Å². The molecule has 1 saturated heterocycles. The first kappa shape index (κ1) is 13.4. The van der Waals surface area contributed by atoms with Crippen LogP contribution in [0, 0.1) is 16.7 Å². The van der Waals surface area contributed by atoms with Crippen molar-refractivity contribution < 1.29 is 5.11 Å². The van der Waals surface area contributed by atoms with Crippen LogP contribution in [-0.4, -0.2) is 35.2 Å². The molecule has 3 atom stereocenters. The molecule has 2 fully saturated rings. The summed E-state index contributed by atoms with van der Waals surface area (Å²) in [6.07, 6.45) is 3.49. The second-order valence-electron chi connectivity index (χ2n) is 7.89. The Kier molecular flexibility index (Phi) is 3.33. The molecular formula is C15H29NO. The molecule has 2 heteroatoms. The minimum atomic E-state index is -0.138. The van der Waals surface area contributed by atoms with Gasteiger partial charge < -0.3 is 5.11 Å². The molecule has 0 aromatic rings. The van der Waals surface area contributed by atoms with Gasteiger partial charge in [0.15, 0.2) is 0 Å². The van der Waals surface area contributed by atoms with Crippen LogP contribution >= 0.6 is 0 Å². The van der Waals surface area contributed by atoms with E-state index in [4.69, 9.17) is 0 Å². The molecule has 100 valence electrons. The van der Waals surface area contributed by atoms with Crippen LogP contribution in [0.15, 0.2) is 0 Å². The van der Waals surface area contributed by atoms with Crippen LogP contribution in [0.1, 0.15) is 53.9 Å². The van der Waals surface area contributed by atoms with E-state index in [1.54, 1.807) is 0 Å². The molecule has 1 aliphatic carbocycles. The second-order valence-corrected chi connectivity index (χ2v) is 7.89. The van der Waals surface area contributed by atoms with E-state index in [1.807, 2.05) is 0 Å². The van der Waals surface area contributed by atoms with Gasteiger partial charge in [0.1, 0.15) is 0 Å². The lowest BCUT2D eigenvalue weighted by atomic mass is 9.80. The number of hydrogen-bond acceptors (Lipinski definition) is 2. The molecule has 0 aromatic carbocycles. The van der Waals surface area contributed by atoms with Crippen molar-refractivity contribution in [2.75, 3.05) is 13.1 Å². The first-order valence-electron chi connectivity index (χ1n) is 7.14. The zero-order valence-corrected chi connectivity index (χ0v) is 12.2. The van der Waals surface area contributed by atoms with Gasteiger partial charge in [-0.15, -0.1) is 0 Å². The van der Waals surface area contributed by atoms with Crippen LogP contribution in [0.2, 0.25) is 0 Å². The molecule has 0 aromatic heterocycles. The molecule has 1 N–H and O–H groups in total. The Morgan fingerprint density at radius 1 is 1.18 bits per heavy atom. The van der Waals surface area contributed by atoms with Gasteiger partial charge in [-0.1, -0.05) is 34.6 Å². The summed E-state index contributed by atoms with van der Waals surface area (Å²) in [5.41, 5.74) is 0.526. The number of hydrogen-bond donors (Lipinski definition) is 1. The molecule has 1 saturated carbocycles. The van der Waals surface area contributed by atoms with E-state index in [9.17, 15) is 5.11 Å². The van der Waals surface area contributed by atoms with E-state index >= 15 is 0 Å². The highest BCUT2D eigenvalue weighted by molar-refractivity contribution is 4.99. The van der Waals surface area contributed by atoms with Crippen molar-refractivity contribution in [3.63, 3.8) is 0 Å². The summed E-state index contributed by atoms with van der Waals surface area (Å²) < 4.78 is 0. The van der Waals surface area contributed by atoms with Gasteiger partial charge in [0.2, 0.25) is 0 Å². The third kappa shape index (κ3) is 2.53. The van der Waals surface area contributed by atoms with Crippen molar-refractivity contribution in [3.05, 3.63) is 0 Å². The van der Waals surface area contributed by atoms with Crippen molar-refractivity contribution in [3.8, 4) is 0 Å². The fourth-order valence-corrected chi connectivity index (χ4v) is 3.52. The third-order valence-corrected chi connectivity index (χ3v) is 5.16. The van der Waals surface area contributed by atoms with Gasteiger partial charge in [-0.05, 0) is 42.6 Å². The summed E-state index contributed by atoms with van der Waals surface area (Å²) in [5, 5.41) is 10.4. The van der Waals surface area contributed by atoms with Crippen LogP contribution in [-0.2, 0) is 0 Å². The van der Waals surface area contributed by atoms with Crippen molar-refractivity contribution in [1.82, 2.24) is 4.90 Å². The number of nitrogens with zero attached hydrogens (tertiary/aromatic N) is 1. The monoisotopic (exact) mass is 239 g/mol. The molecule has 1 heterocycles. The molecule has 3 unspecified atom stereocenters. The summed E-state index contributed by atoms with van der Waals surface area (Å²) >= 11 is 0. The summed E-state index contributed by atoms with van der Waals surface area (Å²) in [7, 11) is 0. The van der Waals surface area contributed by atoms with Crippen LogP contribution in [0.3, 0.4) is 0 Å². The third-order valence-electron chi connectivity index (χ3n) is 5.16. The predicted octanol–water partition coefficient (Wildman–Crippen LogP) is 2.90. The lowest BCUT2D eigenvalue weighted by Crippen LogP contribution is -2.43. The fourth-order valence-electron chi connectivity index (χ4n) is 3.52. The molecule has 0 radical (unpaired) electrons. The molecule has 2 rings (SSSR count). The number of aliphatic hydroxyl groups is 1. The molecule has 0 bridgehead atoms. The molecule has 2 nitrogen and oxygen atoms in total. The Hall–Kier alpha value is -0.0800. The van der Waals surface area contributed by atoms with E-state index in [-0.39, 0.29) is 11.5 Å². The lowest BCUT2D eigenvalue weighted by molar-refractivity contribution is 0.0195. The van der Waals surface area contributed by atoms with Gasteiger partial charge in [-0.25, -0.2) is 0 Å². The smallest absolute Gasteiger partial charge is 0.0746 e. The maximum atomic E-state index is 10.4. The van der Waals surface area contributed by atoms with E-state index in [0.717, 1.165) is 12.3 Å². The zero-order chi connectivity index (χ0) is 12.8. The van der Waals surface area contributed by atoms with Crippen LogP contribution < -0.4 is 0 Å². The summed E-state index contributed by atoms with van der Waals surface area (Å²) in [4.78, 5) is 2.55. The Bertz CT molecular complexity index is 279. The van der Waals surface area contributed by atoms with Crippen LogP contribution in [0.25, 0.3) is 0 Å². The molecular weight excluding hydrogens is 210 g/mol. The highest BCUT2D eigenvalue weighted by Crippen LogP contribution is 2.43. The summed E-state index contributed by atoms with van der Waals surface area (Å²) in [5.74, 6) is 0.790. The molecule has 17 heavy (non-hydrogen) atoms. The Labute approximate surface area is 106 Å². The normalized spacial score (nSPS) is 38.8. The van der Waals surface area contributed by atoms with Crippen molar-refractivity contribution in [2.24, 2.45) is 16.7 Å². The van der Waals surface area contributed by atoms with Gasteiger partial charge >= 0.3 is 0 Å². The topological polar surface area (TPSA) is 23.5 Å². The Morgan fingerprint density at radius 2 is 1.82 bits per heavy atom. The first-order chi connectivity index (χ1) is 7.72. The highest BCUT2D eigenvalue weighted by atomic mass is 16.3. The summed E-state index contributed by atoms with van der Waals surface area (Å²) in [6.45, 7) is 13.8. The lowest BCUT2D eigenvalue weighted by Gasteiger charge is -2.33. The van der Waals surface area contributed by atoms with E-state index < -0.39 is 0 Å². The average molecular weight is 239 g/mol. The quantitative estimate of drug-likeness (QED) is 0.760.